The summed E-state index contributed by atoms with van der Waals surface area (Å²) in [5, 5.41) is 0. The van der Waals surface area contributed by atoms with Crippen LogP contribution in [0.2, 0.25) is 0 Å². The van der Waals surface area contributed by atoms with Crippen LogP contribution in [0.3, 0.4) is 0 Å². The van der Waals surface area contributed by atoms with Gasteiger partial charge in [0.05, 0.1) is 13.2 Å². The van der Waals surface area contributed by atoms with Gasteiger partial charge in [-0.05, 0) is 49.3 Å². The molecule has 3 atom stereocenters. The van der Waals surface area contributed by atoms with E-state index in [1.54, 1.807) is 7.11 Å². The van der Waals surface area contributed by atoms with Gasteiger partial charge in [0, 0.05) is 12.1 Å². The minimum atomic E-state index is 0.324. The fraction of sp³-hybridized carbons (Fsp3) is 0.625. The zero-order chi connectivity index (χ0) is 13.8. The third-order valence-corrected chi connectivity index (χ3v) is 4.33. The molecule has 0 saturated heterocycles. The molecule has 0 aromatic heterocycles. The number of benzene rings is 1. The summed E-state index contributed by atoms with van der Waals surface area (Å²) < 4.78 is 11.4. The lowest BCUT2D eigenvalue weighted by Crippen LogP contribution is -2.29. The van der Waals surface area contributed by atoms with E-state index in [1.807, 2.05) is 18.2 Å². The van der Waals surface area contributed by atoms with E-state index in [-0.39, 0.29) is 0 Å². The van der Waals surface area contributed by atoms with Gasteiger partial charge < -0.3 is 15.2 Å². The van der Waals surface area contributed by atoms with Gasteiger partial charge in [0.2, 0.25) is 0 Å². The molecule has 0 radical (unpaired) electrons. The van der Waals surface area contributed by atoms with E-state index in [0.29, 0.717) is 12.6 Å². The molecule has 0 heterocycles. The number of nitrogens with two attached hydrogens (primary N) is 1. The second kappa shape index (κ2) is 6.29. The summed E-state index contributed by atoms with van der Waals surface area (Å²) in [7, 11) is 1.67. The Morgan fingerprint density at radius 1 is 1.21 bits per heavy atom. The summed E-state index contributed by atoms with van der Waals surface area (Å²) >= 11 is 0. The molecule has 0 amide bonds. The van der Waals surface area contributed by atoms with Crippen molar-refractivity contribution in [2.45, 2.75) is 45.8 Å². The highest BCUT2D eigenvalue weighted by Crippen LogP contribution is 2.33. The number of rotatable bonds is 4. The first-order valence-electron chi connectivity index (χ1n) is 7.17. The van der Waals surface area contributed by atoms with E-state index >= 15 is 0 Å². The van der Waals surface area contributed by atoms with Crippen molar-refractivity contribution in [3.8, 4) is 11.5 Å². The molecule has 3 unspecified atom stereocenters. The molecule has 0 aliphatic heterocycles. The first kappa shape index (κ1) is 14.2. The summed E-state index contributed by atoms with van der Waals surface area (Å²) in [5.41, 5.74) is 6.81. The maximum absolute atomic E-state index is 6.16. The molecule has 19 heavy (non-hydrogen) atoms. The molecule has 1 fully saturated rings. The predicted molar refractivity (Wildman–Crippen MR) is 77.5 cm³/mol. The van der Waals surface area contributed by atoms with Crippen LogP contribution in [-0.4, -0.2) is 13.2 Å². The number of methoxy groups -OCH3 is 1. The Hall–Kier alpha value is -1.22. The second-order valence-corrected chi connectivity index (χ2v) is 5.69. The van der Waals surface area contributed by atoms with Crippen LogP contribution in [0.1, 0.15) is 38.7 Å². The summed E-state index contributed by atoms with van der Waals surface area (Å²) in [6.45, 7) is 5.13. The van der Waals surface area contributed by atoms with E-state index < -0.39 is 0 Å². The third-order valence-electron chi connectivity index (χ3n) is 4.33. The average molecular weight is 263 g/mol. The van der Waals surface area contributed by atoms with Gasteiger partial charge in [-0.2, -0.15) is 0 Å². The van der Waals surface area contributed by atoms with Gasteiger partial charge >= 0.3 is 0 Å². The highest BCUT2D eigenvalue weighted by Gasteiger charge is 2.26. The van der Waals surface area contributed by atoms with Crippen molar-refractivity contribution in [2.75, 3.05) is 7.11 Å². The van der Waals surface area contributed by atoms with Crippen molar-refractivity contribution in [1.82, 2.24) is 0 Å². The maximum atomic E-state index is 6.16. The summed E-state index contributed by atoms with van der Waals surface area (Å²) in [5.74, 6) is 3.29. The normalized spacial score (nSPS) is 27.1. The predicted octanol–water partition coefficient (Wildman–Crippen LogP) is 3.36. The fourth-order valence-electron chi connectivity index (χ4n) is 2.74. The Labute approximate surface area is 116 Å². The van der Waals surface area contributed by atoms with Crippen molar-refractivity contribution in [2.24, 2.45) is 17.6 Å². The number of hydrogen-bond acceptors (Lipinski definition) is 3. The van der Waals surface area contributed by atoms with Gasteiger partial charge in [-0.1, -0.05) is 13.8 Å². The zero-order valence-corrected chi connectivity index (χ0v) is 12.2. The SMILES string of the molecule is COc1ccc(OC2CCC(C)C(C)C2)c(CN)c1. The van der Waals surface area contributed by atoms with Gasteiger partial charge in [0.25, 0.3) is 0 Å². The van der Waals surface area contributed by atoms with Gasteiger partial charge in [-0.3, -0.25) is 0 Å². The van der Waals surface area contributed by atoms with Crippen molar-refractivity contribution in [3.63, 3.8) is 0 Å². The first-order valence-corrected chi connectivity index (χ1v) is 7.17. The quantitative estimate of drug-likeness (QED) is 0.906. The van der Waals surface area contributed by atoms with Crippen LogP contribution in [0.5, 0.6) is 11.5 Å². The third kappa shape index (κ3) is 3.41. The second-order valence-electron chi connectivity index (χ2n) is 5.69. The van der Waals surface area contributed by atoms with Crippen LogP contribution in [0.15, 0.2) is 18.2 Å². The molecule has 106 valence electrons. The Kier molecular flexibility index (Phi) is 4.70. The standard InChI is InChI=1S/C16H25NO2/c1-11-4-5-15(8-12(11)2)19-16-7-6-14(18-3)9-13(16)10-17/h6-7,9,11-12,15H,4-5,8,10,17H2,1-3H3. The molecule has 1 saturated carbocycles. The molecular weight excluding hydrogens is 238 g/mol. The van der Waals surface area contributed by atoms with Crippen LogP contribution < -0.4 is 15.2 Å². The summed E-state index contributed by atoms with van der Waals surface area (Å²) in [4.78, 5) is 0. The van der Waals surface area contributed by atoms with E-state index in [9.17, 15) is 0 Å². The van der Waals surface area contributed by atoms with Crippen LogP contribution in [-0.2, 0) is 6.54 Å². The largest absolute Gasteiger partial charge is 0.497 e. The van der Waals surface area contributed by atoms with E-state index in [0.717, 1.165) is 41.7 Å². The van der Waals surface area contributed by atoms with Gasteiger partial charge in [-0.25, -0.2) is 0 Å². The van der Waals surface area contributed by atoms with E-state index in [1.165, 1.54) is 6.42 Å². The maximum Gasteiger partial charge on any atom is 0.124 e. The highest BCUT2D eigenvalue weighted by atomic mass is 16.5. The molecular formula is C16H25NO2. The van der Waals surface area contributed by atoms with Crippen LogP contribution in [0.25, 0.3) is 0 Å². The molecule has 0 spiro atoms. The monoisotopic (exact) mass is 263 g/mol. The molecule has 1 aromatic rings. The minimum absolute atomic E-state index is 0.324. The summed E-state index contributed by atoms with van der Waals surface area (Å²) in [6.07, 6.45) is 3.85. The van der Waals surface area contributed by atoms with Crippen LogP contribution in [0, 0.1) is 11.8 Å². The van der Waals surface area contributed by atoms with E-state index in [2.05, 4.69) is 13.8 Å². The lowest BCUT2D eigenvalue weighted by Gasteiger charge is -2.32. The fourth-order valence-corrected chi connectivity index (χ4v) is 2.74. The lowest BCUT2D eigenvalue weighted by atomic mass is 9.80. The molecule has 3 nitrogen and oxygen atoms in total. The van der Waals surface area contributed by atoms with Crippen molar-refractivity contribution in [3.05, 3.63) is 23.8 Å². The summed E-state index contributed by atoms with van der Waals surface area (Å²) in [6, 6.07) is 5.87. The van der Waals surface area contributed by atoms with Crippen molar-refractivity contribution < 1.29 is 9.47 Å². The Balaban J connectivity index is 2.06. The Morgan fingerprint density at radius 2 is 2.00 bits per heavy atom. The van der Waals surface area contributed by atoms with Crippen molar-refractivity contribution in [1.29, 1.82) is 0 Å². The Morgan fingerprint density at radius 3 is 2.63 bits per heavy atom. The molecule has 1 aliphatic carbocycles. The molecule has 2 N–H and O–H groups in total. The molecule has 0 bridgehead atoms. The highest BCUT2D eigenvalue weighted by molar-refractivity contribution is 5.40. The molecule has 2 rings (SSSR count). The van der Waals surface area contributed by atoms with Crippen LogP contribution >= 0.6 is 0 Å². The molecule has 1 aromatic carbocycles. The van der Waals surface area contributed by atoms with Gasteiger partial charge in [-0.15, -0.1) is 0 Å². The van der Waals surface area contributed by atoms with E-state index in [4.69, 9.17) is 15.2 Å². The average Bonchev–Trinajstić information content (AvgIpc) is 2.43. The minimum Gasteiger partial charge on any atom is -0.497 e. The van der Waals surface area contributed by atoms with Crippen LogP contribution in [0.4, 0.5) is 0 Å². The lowest BCUT2D eigenvalue weighted by molar-refractivity contribution is 0.0996. The molecule has 3 heteroatoms. The van der Waals surface area contributed by atoms with Crippen molar-refractivity contribution >= 4 is 0 Å². The number of ether oxygens (including phenoxy) is 2. The smallest absolute Gasteiger partial charge is 0.124 e. The topological polar surface area (TPSA) is 44.5 Å². The van der Waals surface area contributed by atoms with Gasteiger partial charge in [0.15, 0.2) is 0 Å². The first-order chi connectivity index (χ1) is 9.13. The molecule has 1 aliphatic rings. The van der Waals surface area contributed by atoms with Gasteiger partial charge in [0.1, 0.15) is 11.5 Å². The number of hydrogen-bond donors (Lipinski definition) is 1. The Bertz CT molecular complexity index is 419. The zero-order valence-electron chi connectivity index (χ0n) is 12.2.